The third-order valence-corrected chi connectivity index (χ3v) is 6.22. The van der Waals surface area contributed by atoms with Crippen LogP contribution in [0.1, 0.15) is 43.9 Å². The summed E-state index contributed by atoms with van der Waals surface area (Å²) in [7, 11) is 0. The molecule has 1 fully saturated rings. The molecule has 1 aliphatic rings. The molecule has 3 aromatic rings. The molecular weight excluding hydrogens is 466 g/mol. The first-order valence-corrected chi connectivity index (χ1v) is 12.7. The van der Waals surface area contributed by atoms with Crippen LogP contribution in [0.4, 0.5) is 4.79 Å². The molecule has 3 atom stereocenters. The zero-order valence-corrected chi connectivity index (χ0v) is 21.7. The predicted octanol–water partition coefficient (Wildman–Crippen LogP) is 5.88. The number of rotatable bonds is 9. The number of alkyl carbamates (subject to hydrolysis) is 1. The van der Waals surface area contributed by atoms with E-state index < -0.39 is 23.7 Å². The molecule has 0 spiro atoms. The van der Waals surface area contributed by atoms with E-state index >= 15 is 0 Å². The number of amides is 1. The minimum atomic E-state index is -0.628. The Kier molecular flexibility index (Phi) is 8.49. The van der Waals surface area contributed by atoms with Crippen molar-refractivity contribution in [2.24, 2.45) is 5.92 Å². The molecular formula is C31H35NO5. The van der Waals surface area contributed by atoms with Gasteiger partial charge in [0.1, 0.15) is 24.1 Å². The van der Waals surface area contributed by atoms with Gasteiger partial charge in [0.2, 0.25) is 0 Å². The number of nitrogens with one attached hydrogen (secondary N) is 1. The molecule has 0 aromatic heterocycles. The second kappa shape index (κ2) is 12.0. The molecule has 1 aliphatic heterocycles. The number of ether oxygens (including phenoxy) is 3. The number of hydrogen-bond donors (Lipinski definition) is 1. The van der Waals surface area contributed by atoms with Crippen molar-refractivity contribution < 1.29 is 23.8 Å². The number of carbonyl (C=O) groups excluding carboxylic acids is 2. The van der Waals surface area contributed by atoms with Crippen LogP contribution in [0.2, 0.25) is 0 Å². The fourth-order valence-electron chi connectivity index (χ4n) is 4.48. The van der Waals surface area contributed by atoms with Crippen LogP contribution in [0.3, 0.4) is 0 Å². The maximum absolute atomic E-state index is 12.9. The second-order valence-electron chi connectivity index (χ2n) is 10.5. The minimum absolute atomic E-state index is 0.257. The number of esters is 1. The lowest BCUT2D eigenvalue weighted by Crippen LogP contribution is -2.45. The normalized spacial score (nSPS) is 18.1. The van der Waals surface area contributed by atoms with Crippen LogP contribution >= 0.6 is 0 Å². The Morgan fingerprint density at radius 3 is 2.16 bits per heavy atom. The predicted molar refractivity (Wildman–Crippen MR) is 142 cm³/mol. The number of hydrogen-bond acceptors (Lipinski definition) is 5. The zero-order valence-electron chi connectivity index (χ0n) is 21.7. The molecule has 3 aromatic carbocycles. The molecule has 4 rings (SSSR count). The van der Waals surface area contributed by atoms with Gasteiger partial charge in [-0.05, 0) is 62.4 Å². The molecule has 1 saturated heterocycles. The minimum Gasteiger partial charge on any atom is -0.489 e. The van der Waals surface area contributed by atoms with E-state index in [-0.39, 0.29) is 12.1 Å². The van der Waals surface area contributed by atoms with Crippen molar-refractivity contribution in [3.8, 4) is 5.75 Å². The highest BCUT2D eigenvalue weighted by Crippen LogP contribution is 2.29. The molecule has 1 N–H and O–H groups in total. The van der Waals surface area contributed by atoms with Gasteiger partial charge in [-0.25, -0.2) is 4.79 Å². The van der Waals surface area contributed by atoms with Gasteiger partial charge in [0.15, 0.2) is 0 Å². The quantitative estimate of drug-likeness (QED) is 0.371. The molecule has 0 radical (unpaired) electrons. The molecule has 37 heavy (non-hydrogen) atoms. The maximum atomic E-state index is 12.9. The van der Waals surface area contributed by atoms with Gasteiger partial charge >= 0.3 is 12.1 Å². The third kappa shape index (κ3) is 8.10. The van der Waals surface area contributed by atoms with Crippen molar-refractivity contribution in [1.82, 2.24) is 5.32 Å². The van der Waals surface area contributed by atoms with Gasteiger partial charge < -0.3 is 19.5 Å². The summed E-state index contributed by atoms with van der Waals surface area (Å²) in [6.45, 7) is 5.96. The average Bonchev–Trinajstić information content (AvgIpc) is 3.23. The SMILES string of the molecule is CC(C)(C)OC(=O)N[C@@H](Cc1ccccc1)[C@H]1C[C@@H](Cc2ccc(OCc3ccccc3)cc2)OC1=O. The van der Waals surface area contributed by atoms with E-state index in [1.165, 1.54) is 0 Å². The van der Waals surface area contributed by atoms with Crippen LogP contribution in [-0.4, -0.2) is 29.8 Å². The van der Waals surface area contributed by atoms with Crippen LogP contribution in [-0.2, 0) is 33.7 Å². The summed E-state index contributed by atoms with van der Waals surface area (Å²) in [4.78, 5) is 25.5. The van der Waals surface area contributed by atoms with E-state index in [2.05, 4.69) is 5.32 Å². The Labute approximate surface area is 218 Å². The van der Waals surface area contributed by atoms with Gasteiger partial charge in [-0.15, -0.1) is 0 Å². The number of benzene rings is 3. The summed E-state index contributed by atoms with van der Waals surface area (Å²) in [6.07, 6.45) is 0.854. The van der Waals surface area contributed by atoms with Crippen molar-refractivity contribution in [3.05, 3.63) is 102 Å². The average molecular weight is 502 g/mol. The van der Waals surface area contributed by atoms with Crippen LogP contribution in [0, 0.1) is 5.92 Å². The van der Waals surface area contributed by atoms with Gasteiger partial charge in [-0.2, -0.15) is 0 Å². The number of cyclic esters (lactones) is 1. The van der Waals surface area contributed by atoms with E-state index in [0.717, 1.165) is 22.4 Å². The number of carbonyl (C=O) groups is 2. The van der Waals surface area contributed by atoms with Gasteiger partial charge in [-0.1, -0.05) is 72.8 Å². The fourth-order valence-corrected chi connectivity index (χ4v) is 4.48. The van der Waals surface area contributed by atoms with Gasteiger partial charge in [0, 0.05) is 12.5 Å². The smallest absolute Gasteiger partial charge is 0.407 e. The standard InChI is InChI=1S/C31H35NO5/c1-31(2,3)37-30(34)32-28(19-22-10-6-4-7-11-22)27-20-26(36-29(27)33)18-23-14-16-25(17-15-23)35-21-24-12-8-5-9-13-24/h4-17,26-28H,18-21H2,1-3H3,(H,32,34)/t26-,27-,28+/m1/s1. The van der Waals surface area contributed by atoms with E-state index in [1.807, 2.05) is 106 Å². The molecule has 0 bridgehead atoms. The first kappa shape index (κ1) is 26.3. The highest BCUT2D eigenvalue weighted by molar-refractivity contribution is 5.77. The lowest BCUT2D eigenvalue weighted by atomic mass is 9.89. The van der Waals surface area contributed by atoms with Crippen LogP contribution < -0.4 is 10.1 Å². The lowest BCUT2D eigenvalue weighted by molar-refractivity contribution is -0.144. The highest BCUT2D eigenvalue weighted by atomic mass is 16.6. The van der Waals surface area contributed by atoms with E-state index in [4.69, 9.17) is 14.2 Å². The monoisotopic (exact) mass is 501 g/mol. The molecule has 0 unspecified atom stereocenters. The zero-order chi connectivity index (χ0) is 26.3. The van der Waals surface area contributed by atoms with E-state index in [0.29, 0.717) is 25.9 Å². The summed E-state index contributed by atoms with van der Waals surface area (Å²) in [5, 5.41) is 2.94. The van der Waals surface area contributed by atoms with Crippen LogP contribution in [0.15, 0.2) is 84.9 Å². The summed E-state index contributed by atoms with van der Waals surface area (Å²) in [5.74, 6) is 0.0504. The first-order chi connectivity index (χ1) is 17.7. The molecule has 0 aliphatic carbocycles. The largest absolute Gasteiger partial charge is 0.489 e. The van der Waals surface area contributed by atoms with Crippen molar-refractivity contribution in [3.63, 3.8) is 0 Å². The van der Waals surface area contributed by atoms with Crippen molar-refractivity contribution in [2.45, 2.75) is 64.4 Å². The van der Waals surface area contributed by atoms with Crippen LogP contribution in [0.25, 0.3) is 0 Å². The molecule has 1 heterocycles. The topological polar surface area (TPSA) is 73.9 Å². The Morgan fingerprint density at radius 2 is 1.54 bits per heavy atom. The Morgan fingerprint density at radius 1 is 0.919 bits per heavy atom. The summed E-state index contributed by atoms with van der Waals surface area (Å²) < 4.78 is 17.1. The Bertz CT molecular complexity index is 1160. The summed E-state index contributed by atoms with van der Waals surface area (Å²) >= 11 is 0. The summed E-state index contributed by atoms with van der Waals surface area (Å²) in [6, 6.07) is 27.3. The maximum Gasteiger partial charge on any atom is 0.407 e. The molecule has 6 heteroatoms. The lowest BCUT2D eigenvalue weighted by Gasteiger charge is -2.26. The van der Waals surface area contributed by atoms with Crippen molar-refractivity contribution in [1.29, 1.82) is 0 Å². The Balaban J connectivity index is 1.37. The Hall–Kier alpha value is -3.80. The molecule has 1 amide bonds. The van der Waals surface area contributed by atoms with Gasteiger partial charge in [0.25, 0.3) is 0 Å². The molecule has 6 nitrogen and oxygen atoms in total. The fraction of sp³-hybridized carbons (Fsp3) is 0.355. The van der Waals surface area contributed by atoms with Gasteiger partial charge in [-0.3, -0.25) is 4.79 Å². The summed E-state index contributed by atoms with van der Waals surface area (Å²) in [5.41, 5.74) is 2.58. The molecule has 0 saturated carbocycles. The van der Waals surface area contributed by atoms with E-state index in [9.17, 15) is 9.59 Å². The molecule has 194 valence electrons. The van der Waals surface area contributed by atoms with Crippen LogP contribution in [0.5, 0.6) is 5.75 Å². The van der Waals surface area contributed by atoms with E-state index in [1.54, 1.807) is 0 Å². The second-order valence-corrected chi connectivity index (χ2v) is 10.5. The third-order valence-electron chi connectivity index (χ3n) is 6.22. The van der Waals surface area contributed by atoms with Gasteiger partial charge in [0.05, 0.1) is 5.92 Å². The van der Waals surface area contributed by atoms with Crippen molar-refractivity contribution in [2.75, 3.05) is 0 Å². The highest BCUT2D eigenvalue weighted by Gasteiger charge is 2.41. The van der Waals surface area contributed by atoms with Crippen molar-refractivity contribution >= 4 is 12.1 Å². The first-order valence-electron chi connectivity index (χ1n) is 12.7.